The molecule has 10 heteroatoms. The number of para-hydroxylation sites is 1. The van der Waals surface area contributed by atoms with E-state index in [0.717, 1.165) is 40.2 Å². The first-order valence-electron chi connectivity index (χ1n) is 14.2. The molecule has 3 heterocycles. The SMILES string of the molecule is Cc1ccc2[nH]c(C(c3cc(F)ccc3F)c3c(O)c4ccccc4n(C)c3=O)c(CCNC(=O)N3CCOCC3)c2c1. The summed E-state index contributed by atoms with van der Waals surface area (Å²) in [4.78, 5) is 31.8. The first-order chi connectivity index (χ1) is 20.7. The lowest BCUT2D eigenvalue weighted by atomic mass is 9.84. The number of hydrogen-bond acceptors (Lipinski definition) is 4. The van der Waals surface area contributed by atoms with Gasteiger partial charge in [0.2, 0.25) is 0 Å². The van der Waals surface area contributed by atoms with E-state index in [4.69, 9.17) is 4.74 Å². The summed E-state index contributed by atoms with van der Waals surface area (Å²) in [6.45, 7) is 4.15. The summed E-state index contributed by atoms with van der Waals surface area (Å²) in [6, 6.07) is 15.6. The van der Waals surface area contributed by atoms with Gasteiger partial charge in [-0.25, -0.2) is 13.6 Å². The molecule has 1 saturated heterocycles. The van der Waals surface area contributed by atoms with E-state index in [-0.39, 0.29) is 29.5 Å². The maximum absolute atomic E-state index is 15.6. The molecule has 1 aliphatic heterocycles. The van der Waals surface area contributed by atoms with Gasteiger partial charge in [-0.15, -0.1) is 0 Å². The highest BCUT2D eigenvalue weighted by Crippen LogP contribution is 2.42. The van der Waals surface area contributed by atoms with Gasteiger partial charge in [0.15, 0.2) is 0 Å². The second-order valence-electron chi connectivity index (χ2n) is 10.9. The van der Waals surface area contributed by atoms with Gasteiger partial charge >= 0.3 is 6.03 Å². The standard InChI is InChI=1S/C33H32F2N4O4/c1-19-7-10-26-23(17-19)21(11-12-36-33(42)39-13-15-43-16-14-39)30(37-26)28(24-18-20(34)8-9-25(24)35)29-31(40)22-5-3-4-6-27(22)38(2)32(29)41/h3-10,17-18,28,37,40H,11-16H2,1-2H3,(H,36,42). The zero-order valence-corrected chi connectivity index (χ0v) is 23.9. The van der Waals surface area contributed by atoms with Crippen LogP contribution in [0.1, 0.15) is 33.9 Å². The number of aromatic amines is 1. The van der Waals surface area contributed by atoms with Gasteiger partial charge in [-0.05, 0) is 61.4 Å². The van der Waals surface area contributed by atoms with Gasteiger partial charge < -0.3 is 29.6 Å². The van der Waals surface area contributed by atoms with E-state index in [2.05, 4.69) is 10.3 Å². The van der Waals surface area contributed by atoms with Crippen molar-refractivity contribution in [2.45, 2.75) is 19.3 Å². The molecule has 0 spiro atoms. The van der Waals surface area contributed by atoms with E-state index in [9.17, 15) is 19.1 Å². The number of benzene rings is 3. The van der Waals surface area contributed by atoms with Crippen molar-refractivity contribution < 1.29 is 23.4 Å². The number of H-pyrrole nitrogens is 1. The van der Waals surface area contributed by atoms with Gasteiger partial charge in [0, 0.05) is 54.2 Å². The second kappa shape index (κ2) is 11.5. The van der Waals surface area contributed by atoms with Crippen molar-refractivity contribution in [2.24, 2.45) is 7.05 Å². The number of halogens is 2. The maximum Gasteiger partial charge on any atom is 0.317 e. The summed E-state index contributed by atoms with van der Waals surface area (Å²) in [5.74, 6) is -2.88. The highest BCUT2D eigenvalue weighted by Gasteiger charge is 2.32. The van der Waals surface area contributed by atoms with E-state index in [0.29, 0.717) is 49.3 Å². The predicted octanol–water partition coefficient (Wildman–Crippen LogP) is 5.08. The molecule has 6 rings (SSSR count). The number of morpholine rings is 1. The molecular weight excluding hydrogens is 554 g/mol. The lowest BCUT2D eigenvalue weighted by molar-refractivity contribution is 0.0533. The molecule has 1 atom stereocenters. The fourth-order valence-electron chi connectivity index (χ4n) is 6.02. The van der Waals surface area contributed by atoms with Crippen molar-refractivity contribution in [3.8, 4) is 5.75 Å². The summed E-state index contributed by atoms with van der Waals surface area (Å²) in [6.07, 6.45) is 0.330. The molecule has 1 unspecified atom stereocenters. The number of pyridine rings is 1. The Bertz CT molecular complexity index is 1910. The van der Waals surface area contributed by atoms with Crippen LogP contribution in [-0.2, 0) is 18.2 Å². The first kappa shape index (κ1) is 28.4. The molecule has 2 aromatic heterocycles. The Kier molecular flexibility index (Phi) is 7.62. The molecule has 1 aliphatic rings. The molecule has 0 aliphatic carbocycles. The van der Waals surface area contributed by atoms with Crippen molar-refractivity contribution >= 4 is 27.8 Å². The molecule has 2 amide bonds. The first-order valence-corrected chi connectivity index (χ1v) is 14.2. The highest BCUT2D eigenvalue weighted by molar-refractivity contribution is 5.89. The van der Waals surface area contributed by atoms with E-state index < -0.39 is 23.1 Å². The highest BCUT2D eigenvalue weighted by atomic mass is 19.1. The third-order valence-corrected chi connectivity index (χ3v) is 8.20. The molecule has 5 aromatic rings. The molecule has 0 bridgehead atoms. The van der Waals surface area contributed by atoms with Gasteiger partial charge in [-0.1, -0.05) is 23.8 Å². The number of amides is 2. The Morgan fingerprint density at radius 1 is 1.07 bits per heavy atom. The zero-order chi connectivity index (χ0) is 30.2. The molecule has 3 aromatic carbocycles. The summed E-state index contributed by atoms with van der Waals surface area (Å²) < 4.78 is 37.1. The minimum absolute atomic E-state index is 0.0763. The summed E-state index contributed by atoms with van der Waals surface area (Å²) in [5, 5.41) is 15.8. The molecule has 0 saturated carbocycles. The fraction of sp³-hybridized carbons (Fsp3) is 0.273. The molecule has 43 heavy (non-hydrogen) atoms. The normalized spacial score (nSPS) is 14.4. The minimum Gasteiger partial charge on any atom is -0.507 e. The summed E-state index contributed by atoms with van der Waals surface area (Å²) in [5.41, 5.74) is 2.68. The van der Waals surface area contributed by atoms with Gasteiger partial charge in [-0.2, -0.15) is 0 Å². The van der Waals surface area contributed by atoms with Crippen molar-refractivity contribution in [3.63, 3.8) is 0 Å². The topological polar surface area (TPSA) is 99.6 Å². The average Bonchev–Trinajstić information content (AvgIpc) is 3.36. The lowest BCUT2D eigenvalue weighted by Gasteiger charge is -2.27. The predicted molar refractivity (Wildman–Crippen MR) is 161 cm³/mol. The van der Waals surface area contributed by atoms with Crippen molar-refractivity contribution in [3.05, 3.63) is 111 Å². The van der Waals surface area contributed by atoms with Crippen LogP contribution in [0.2, 0.25) is 0 Å². The van der Waals surface area contributed by atoms with Gasteiger partial charge in [0.05, 0.1) is 30.2 Å². The van der Waals surface area contributed by atoms with Crippen LogP contribution in [0.15, 0.2) is 65.5 Å². The van der Waals surface area contributed by atoms with E-state index in [1.165, 1.54) is 4.57 Å². The zero-order valence-electron chi connectivity index (χ0n) is 23.9. The Morgan fingerprint density at radius 2 is 1.84 bits per heavy atom. The fourth-order valence-corrected chi connectivity index (χ4v) is 6.02. The number of urea groups is 1. The monoisotopic (exact) mass is 586 g/mol. The molecule has 3 N–H and O–H groups in total. The largest absolute Gasteiger partial charge is 0.507 e. The van der Waals surface area contributed by atoms with Crippen LogP contribution in [0.5, 0.6) is 5.75 Å². The van der Waals surface area contributed by atoms with Gasteiger partial charge in [0.25, 0.3) is 5.56 Å². The number of aryl methyl sites for hydroxylation is 2. The van der Waals surface area contributed by atoms with Crippen molar-refractivity contribution in [2.75, 3.05) is 32.8 Å². The second-order valence-corrected chi connectivity index (χ2v) is 10.9. The van der Waals surface area contributed by atoms with Crippen molar-refractivity contribution in [1.82, 2.24) is 19.8 Å². The number of carbonyl (C=O) groups excluding carboxylic acids is 1. The lowest BCUT2D eigenvalue weighted by Crippen LogP contribution is -2.46. The third kappa shape index (κ3) is 5.23. The Morgan fingerprint density at radius 3 is 2.63 bits per heavy atom. The number of aromatic nitrogens is 2. The molecule has 0 radical (unpaired) electrons. The maximum atomic E-state index is 15.6. The number of nitrogens with zero attached hydrogens (tertiary/aromatic N) is 2. The van der Waals surface area contributed by atoms with E-state index >= 15 is 4.39 Å². The van der Waals surface area contributed by atoms with Crippen LogP contribution in [0.3, 0.4) is 0 Å². The van der Waals surface area contributed by atoms with E-state index in [1.54, 1.807) is 36.2 Å². The number of hydrogen-bond donors (Lipinski definition) is 3. The number of ether oxygens (including phenoxy) is 1. The number of aromatic hydroxyl groups is 1. The minimum atomic E-state index is -1.18. The summed E-state index contributed by atoms with van der Waals surface area (Å²) in [7, 11) is 1.59. The molecule has 222 valence electrons. The van der Waals surface area contributed by atoms with Crippen LogP contribution in [-0.4, -0.2) is 58.4 Å². The Labute approximate surface area is 246 Å². The van der Waals surface area contributed by atoms with Crippen LogP contribution < -0.4 is 10.9 Å². The molecule has 8 nitrogen and oxygen atoms in total. The smallest absolute Gasteiger partial charge is 0.317 e. The quantitative estimate of drug-likeness (QED) is 0.259. The summed E-state index contributed by atoms with van der Waals surface area (Å²) >= 11 is 0. The number of nitrogens with one attached hydrogen (secondary N) is 2. The van der Waals surface area contributed by atoms with Crippen LogP contribution in [0.25, 0.3) is 21.8 Å². The average molecular weight is 587 g/mol. The van der Waals surface area contributed by atoms with Gasteiger partial charge in [0.1, 0.15) is 17.4 Å². The van der Waals surface area contributed by atoms with E-state index in [1.807, 2.05) is 25.1 Å². The molecule has 1 fully saturated rings. The number of carbonyl (C=O) groups is 1. The number of rotatable bonds is 6. The Balaban J connectivity index is 1.54. The van der Waals surface area contributed by atoms with Gasteiger partial charge in [-0.3, -0.25) is 4.79 Å². The van der Waals surface area contributed by atoms with Crippen LogP contribution in [0.4, 0.5) is 13.6 Å². The number of fused-ring (bicyclic) bond motifs is 2. The van der Waals surface area contributed by atoms with Crippen molar-refractivity contribution in [1.29, 1.82) is 0 Å². The van der Waals surface area contributed by atoms with Crippen LogP contribution >= 0.6 is 0 Å². The Hall–Kier alpha value is -4.70. The van der Waals surface area contributed by atoms with Crippen LogP contribution in [0, 0.1) is 18.6 Å². The third-order valence-electron chi connectivity index (χ3n) is 8.20. The molecular formula is C33H32F2N4O4.